The Hall–Kier alpha value is -0.900. The third-order valence-corrected chi connectivity index (χ3v) is 3.23. The molecule has 94 valence electrons. The molecule has 1 heterocycles. The largest absolute Gasteiger partial charge is 0.390 e. The Labute approximate surface area is 102 Å². The van der Waals surface area contributed by atoms with Crippen LogP contribution in [0.1, 0.15) is 30.1 Å². The van der Waals surface area contributed by atoms with E-state index in [1.165, 1.54) is 5.56 Å². The molecule has 1 aliphatic rings. The molecule has 3 nitrogen and oxygen atoms in total. The zero-order valence-corrected chi connectivity index (χ0v) is 10.3. The molecule has 1 N–H and O–H groups in total. The van der Waals surface area contributed by atoms with Crippen molar-refractivity contribution in [1.82, 2.24) is 0 Å². The lowest BCUT2D eigenvalue weighted by Gasteiger charge is -2.29. The van der Waals surface area contributed by atoms with Crippen molar-refractivity contribution in [2.75, 3.05) is 20.3 Å². The average molecular weight is 236 g/mol. The van der Waals surface area contributed by atoms with Crippen molar-refractivity contribution in [3.05, 3.63) is 35.4 Å². The molecule has 0 saturated heterocycles. The smallest absolute Gasteiger partial charge is 0.109 e. The number of fused-ring (bicyclic) bond motifs is 1. The van der Waals surface area contributed by atoms with Gasteiger partial charge in [0.2, 0.25) is 0 Å². The van der Waals surface area contributed by atoms with Gasteiger partial charge in [-0.3, -0.25) is 0 Å². The number of aliphatic hydroxyl groups is 1. The Balaban J connectivity index is 2.02. The molecule has 0 bridgehead atoms. The molecule has 2 unspecified atom stereocenters. The maximum Gasteiger partial charge on any atom is 0.109 e. The minimum atomic E-state index is -0.438. The van der Waals surface area contributed by atoms with Crippen LogP contribution >= 0.6 is 0 Å². The topological polar surface area (TPSA) is 38.7 Å². The van der Waals surface area contributed by atoms with Crippen molar-refractivity contribution in [2.45, 2.75) is 31.5 Å². The molecule has 0 amide bonds. The monoisotopic (exact) mass is 236 g/mol. The molecule has 0 fully saturated rings. The highest BCUT2D eigenvalue weighted by Gasteiger charge is 2.26. The maximum absolute atomic E-state index is 10.2. The van der Waals surface area contributed by atoms with Crippen LogP contribution in [-0.2, 0) is 15.9 Å². The van der Waals surface area contributed by atoms with Crippen molar-refractivity contribution < 1.29 is 14.6 Å². The number of rotatable bonds is 5. The van der Waals surface area contributed by atoms with Gasteiger partial charge in [-0.2, -0.15) is 0 Å². The molecular weight excluding hydrogens is 216 g/mol. The summed E-state index contributed by atoms with van der Waals surface area (Å²) in [6.45, 7) is 1.38. The zero-order valence-electron chi connectivity index (χ0n) is 10.3. The summed E-state index contributed by atoms with van der Waals surface area (Å²) in [7, 11) is 1.68. The van der Waals surface area contributed by atoms with Crippen molar-refractivity contribution >= 4 is 0 Å². The van der Waals surface area contributed by atoms with E-state index >= 15 is 0 Å². The molecule has 0 aliphatic carbocycles. The van der Waals surface area contributed by atoms with Crippen LogP contribution in [0.2, 0.25) is 0 Å². The fraction of sp³-hybridized carbons (Fsp3) is 0.571. The Morgan fingerprint density at radius 2 is 2.29 bits per heavy atom. The highest BCUT2D eigenvalue weighted by molar-refractivity contribution is 5.31. The summed E-state index contributed by atoms with van der Waals surface area (Å²) in [6, 6.07) is 8.21. The minimum absolute atomic E-state index is 0.170. The van der Waals surface area contributed by atoms with E-state index in [9.17, 15) is 5.11 Å². The summed E-state index contributed by atoms with van der Waals surface area (Å²) in [5.41, 5.74) is 2.44. The van der Waals surface area contributed by atoms with Gasteiger partial charge in [-0.25, -0.2) is 0 Å². The Morgan fingerprint density at radius 1 is 1.47 bits per heavy atom. The van der Waals surface area contributed by atoms with Gasteiger partial charge in [-0.1, -0.05) is 24.3 Å². The van der Waals surface area contributed by atoms with E-state index in [1.54, 1.807) is 7.11 Å². The van der Waals surface area contributed by atoms with E-state index in [4.69, 9.17) is 9.47 Å². The lowest BCUT2D eigenvalue weighted by Crippen LogP contribution is -2.27. The van der Waals surface area contributed by atoms with Crippen LogP contribution in [0.25, 0.3) is 0 Å². The van der Waals surface area contributed by atoms with Gasteiger partial charge in [-0.15, -0.1) is 0 Å². The molecule has 1 aromatic carbocycles. The Morgan fingerprint density at radius 3 is 3.12 bits per heavy atom. The highest BCUT2D eigenvalue weighted by atomic mass is 16.5. The van der Waals surface area contributed by atoms with E-state index < -0.39 is 6.10 Å². The van der Waals surface area contributed by atoms with Crippen molar-refractivity contribution in [2.24, 2.45) is 0 Å². The number of aliphatic hydroxyl groups excluding tert-OH is 1. The Kier molecular flexibility index (Phi) is 4.54. The summed E-state index contributed by atoms with van der Waals surface area (Å²) in [5, 5.41) is 10.2. The van der Waals surface area contributed by atoms with Gasteiger partial charge in [-0.05, 0) is 30.4 Å². The van der Waals surface area contributed by atoms with Crippen LogP contribution in [-0.4, -0.2) is 31.5 Å². The number of hydrogen-bond donors (Lipinski definition) is 1. The number of hydrogen-bond acceptors (Lipinski definition) is 3. The van der Waals surface area contributed by atoms with E-state index in [-0.39, 0.29) is 6.10 Å². The normalized spacial score (nSPS) is 20.9. The third-order valence-electron chi connectivity index (χ3n) is 3.23. The summed E-state index contributed by atoms with van der Waals surface area (Å²) in [5.74, 6) is 0. The molecule has 0 saturated carbocycles. The molecule has 2 rings (SSSR count). The third kappa shape index (κ3) is 3.06. The molecule has 1 aliphatic heterocycles. The van der Waals surface area contributed by atoms with Crippen LogP contribution < -0.4 is 0 Å². The molecule has 17 heavy (non-hydrogen) atoms. The number of methoxy groups -OCH3 is 1. The predicted molar refractivity (Wildman–Crippen MR) is 66.0 cm³/mol. The van der Waals surface area contributed by atoms with Gasteiger partial charge >= 0.3 is 0 Å². The summed E-state index contributed by atoms with van der Waals surface area (Å²) in [6.07, 6.45) is 1.91. The first kappa shape index (κ1) is 12.6. The average Bonchev–Trinajstić information content (AvgIpc) is 2.38. The Bertz CT molecular complexity index is 351. The second-order valence-electron chi connectivity index (χ2n) is 4.44. The number of benzene rings is 1. The first-order valence-corrected chi connectivity index (χ1v) is 6.19. The van der Waals surface area contributed by atoms with E-state index in [0.717, 1.165) is 18.4 Å². The van der Waals surface area contributed by atoms with Crippen LogP contribution in [0.4, 0.5) is 0 Å². The van der Waals surface area contributed by atoms with E-state index in [1.807, 2.05) is 12.1 Å². The van der Waals surface area contributed by atoms with Crippen LogP contribution in [0.5, 0.6) is 0 Å². The molecule has 0 radical (unpaired) electrons. The van der Waals surface area contributed by atoms with Gasteiger partial charge in [0.1, 0.15) is 6.10 Å². The summed E-state index contributed by atoms with van der Waals surface area (Å²) >= 11 is 0. The predicted octanol–water partition coefficient (Wildman–Crippen LogP) is 2.09. The molecule has 0 aromatic heterocycles. The lowest BCUT2D eigenvalue weighted by atomic mass is 9.93. The molecule has 1 aromatic rings. The molecule has 0 spiro atoms. The summed E-state index contributed by atoms with van der Waals surface area (Å²) < 4.78 is 10.7. The second kappa shape index (κ2) is 6.15. The van der Waals surface area contributed by atoms with E-state index in [0.29, 0.717) is 19.6 Å². The van der Waals surface area contributed by atoms with Gasteiger partial charge in [0.15, 0.2) is 0 Å². The SMILES string of the molecule is COCCCC(O)C1OCCc2ccccc21. The van der Waals surface area contributed by atoms with Crippen molar-refractivity contribution in [3.63, 3.8) is 0 Å². The standard InChI is InChI=1S/C14H20O3/c1-16-9-4-7-13(15)14-12-6-3-2-5-11(12)8-10-17-14/h2-3,5-6,13-15H,4,7-10H2,1H3. The van der Waals surface area contributed by atoms with Crippen molar-refractivity contribution in [1.29, 1.82) is 0 Å². The van der Waals surface area contributed by atoms with Crippen molar-refractivity contribution in [3.8, 4) is 0 Å². The number of ether oxygens (including phenoxy) is 2. The molecule has 2 atom stereocenters. The quantitative estimate of drug-likeness (QED) is 0.796. The van der Waals surface area contributed by atoms with Crippen LogP contribution in [0.15, 0.2) is 24.3 Å². The zero-order chi connectivity index (χ0) is 12.1. The lowest BCUT2D eigenvalue weighted by molar-refractivity contribution is -0.0517. The minimum Gasteiger partial charge on any atom is -0.390 e. The highest BCUT2D eigenvalue weighted by Crippen LogP contribution is 2.31. The molecular formula is C14H20O3. The van der Waals surface area contributed by atoms with Gasteiger partial charge in [0, 0.05) is 13.7 Å². The van der Waals surface area contributed by atoms with Crippen LogP contribution in [0, 0.1) is 0 Å². The molecule has 3 heteroatoms. The fourth-order valence-electron chi connectivity index (χ4n) is 2.33. The second-order valence-corrected chi connectivity index (χ2v) is 4.44. The fourth-order valence-corrected chi connectivity index (χ4v) is 2.33. The van der Waals surface area contributed by atoms with E-state index in [2.05, 4.69) is 12.1 Å². The van der Waals surface area contributed by atoms with Gasteiger partial charge in [0.05, 0.1) is 12.7 Å². The first-order chi connectivity index (χ1) is 8.33. The summed E-state index contributed by atoms with van der Waals surface area (Å²) in [4.78, 5) is 0. The van der Waals surface area contributed by atoms with Gasteiger partial charge < -0.3 is 14.6 Å². The van der Waals surface area contributed by atoms with Gasteiger partial charge in [0.25, 0.3) is 0 Å². The first-order valence-electron chi connectivity index (χ1n) is 6.19. The maximum atomic E-state index is 10.2. The van der Waals surface area contributed by atoms with Crippen LogP contribution in [0.3, 0.4) is 0 Å².